The van der Waals surface area contributed by atoms with Crippen LogP contribution in [-0.2, 0) is 4.74 Å². The molecule has 0 radical (unpaired) electrons. The smallest absolute Gasteiger partial charge is 0.0469 e. The first kappa shape index (κ1) is 14.0. The van der Waals surface area contributed by atoms with Crippen LogP contribution in [-0.4, -0.2) is 37.7 Å². The second-order valence-electron chi connectivity index (χ2n) is 5.11. The van der Waals surface area contributed by atoms with Crippen molar-refractivity contribution in [2.75, 3.05) is 26.8 Å². The summed E-state index contributed by atoms with van der Waals surface area (Å²) in [6.45, 7) is 4.79. The van der Waals surface area contributed by atoms with Crippen molar-refractivity contribution in [2.24, 2.45) is 11.7 Å². The summed E-state index contributed by atoms with van der Waals surface area (Å²) in [5.41, 5.74) is 6.02. The van der Waals surface area contributed by atoms with Gasteiger partial charge in [0.25, 0.3) is 0 Å². The van der Waals surface area contributed by atoms with Crippen LogP contribution in [0.5, 0.6) is 0 Å². The van der Waals surface area contributed by atoms with E-state index in [2.05, 4.69) is 36.4 Å². The maximum absolute atomic E-state index is 6.02. The Kier molecular flexibility index (Phi) is 5.18. The fourth-order valence-corrected chi connectivity index (χ4v) is 3.64. The van der Waals surface area contributed by atoms with E-state index in [0.29, 0.717) is 18.0 Å². The van der Waals surface area contributed by atoms with Gasteiger partial charge >= 0.3 is 0 Å². The van der Waals surface area contributed by atoms with Crippen molar-refractivity contribution in [3.05, 3.63) is 22.4 Å². The highest BCUT2D eigenvalue weighted by atomic mass is 32.1. The normalized spacial score (nSPS) is 21.1. The molecule has 18 heavy (non-hydrogen) atoms. The van der Waals surface area contributed by atoms with Crippen LogP contribution in [0.2, 0.25) is 0 Å². The quantitative estimate of drug-likeness (QED) is 0.891. The van der Waals surface area contributed by atoms with Gasteiger partial charge in [0, 0.05) is 36.7 Å². The van der Waals surface area contributed by atoms with Crippen molar-refractivity contribution in [2.45, 2.75) is 31.8 Å². The Bertz CT molecular complexity index is 336. The minimum atomic E-state index is 0.446. The summed E-state index contributed by atoms with van der Waals surface area (Å²) in [6, 6.07) is 5.24. The van der Waals surface area contributed by atoms with E-state index < -0.39 is 0 Å². The molecule has 1 fully saturated rings. The molecule has 0 saturated carbocycles. The van der Waals surface area contributed by atoms with Crippen molar-refractivity contribution < 1.29 is 4.74 Å². The van der Waals surface area contributed by atoms with Crippen molar-refractivity contribution in [3.8, 4) is 0 Å². The third-order valence-electron chi connectivity index (χ3n) is 4.14. The number of nitrogens with two attached hydrogens (primary N) is 1. The Morgan fingerprint density at radius 3 is 2.78 bits per heavy atom. The van der Waals surface area contributed by atoms with E-state index in [9.17, 15) is 0 Å². The molecule has 3 nitrogen and oxygen atoms in total. The van der Waals surface area contributed by atoms with Crippen LogP contribution in [0, 0.1) is 5.92 Å². The van der Waals surface area contributed by atoms with Gasteiger partial charge in [-0.3, -0.25) is 4.90 Å². The monoisotopic (exact) mass is 268 g/mol. The molecule has 1 aliphatic rings. The van der Waals surface area contributed by atoms with Gasteiger partial charge in [-0.05, 0) is 44.2 Å². The van der Waals surface area contributed by atoms with E-state index in [1.54, 1.807) is 0 Å². The largest absolute Gasteiger partial charge is 0.381 e. The summed E-state index contributed by atoms with van der Waals surface area (Å²) in [4.78, 5) is 3.87. The Hall–Kier alpha value is -0.420. The summed E-state index contributed by atoms with van der Waals surface area (Å²) in [6.07, 6.45) is 2.28. The number of likely N-dealkylation sites (N-methyl/N-ethyl adjacent to an activating group) is 1. The predicted molar refractivity (Wildman–Crippen MR) is 76.9 cm³/mol. The highest BCUT2D eigenvalue weighted by Crippen LogP contribution is 2.29. The number of thiophene rings is 1. The summed E-state index contributed by atoms with van der Waals surface area (Å²) in [5, 5.41) is 2.14. The van der Waals surface area contributed by atoms with E-state index in [0.717, 1.165) is 32.6 Å². The van der Waals surface area contributed by atoms with Crippen LogP contribution in [0.3, 0.4) is 0 Å². The van der Waals surface area contributed by atoms with Gasteiger partial charge in [-0.2, -0.15) is 0 Å². The third-order valence-corrected chi connectivity index (χ3v) is 5.18. The first-order valence-electron chi connectivity index (χ1n) is 6.77. The number of hydrogen-bond donors (Lipinski definition) is 1. The van der Waals surface area contributed by atoms with E-state index in [1.807, 2.05) is 11.3 Å². The van der Waals surface area contributed by atoms with Gasteiger partial charge in [0.1, 0.15) is 0 Å². The van der Waals surface area contributed by atoms with Crippen molar-refractivity contribution in [3.63, 3.8) is 0 Å². The zero-order chi connectivity index (χ0) is 13.0. The van der Waals surface area contributed by atoms with Gasteiger partial charge in [0.2, 0.25) is 0 Å². The van der Waals surface area contributed by atoms with Crippen LogP contribution in [0.25, 0.3) is 0 Å². The fraction of sp³-hybridized carbons (Fsp3) is 0.714. The molecule has 0 amide bonds. The number of nitrogens with zero attached hydrogens (tertiary/aromatic N) is 1. The Labute approximate surface area is 114 Å². The molecule has 1 aromatic heterocycles. The summed E-state index contributed by atoms with van der Waals surface area (Å²) >= 11 is 1.83. The van der Waals surface area contributed by atoms with E-state index in [-0.39, 0.29) is 0 Å². The third kappa shape index (κ3) is 3.12. The van der Waals surface area contributed by atoms with Gasteiger partial charge in [-0.1, -0.05) is 6.07 Å². The maximum atomic E-state index is 6.02. The zero-order valence-electron chi connectivity index (χ0n) is 11.3. The minimum absolute atomic E-state index is 0.446. The standard InChI is InChI=1S/C14H24N2OS/c1-11(14-4-3-9-18-14)16(2)13(10-15)12-5-7-17-8-6-12/h3-4,9,11-13H,5-8,10,15H2,1-2H3. The molecule has 0 bridgehead atoms. The summed E-state index contributed by atoms with van der Waals surface area (Å²) < 4.78 is 5.45. The van der Waals surface area contributed by atoms with Crippen molar-refractivity contribution in [1.82, 2.24) is 4.90 Å². The maximum Gasteiger partial charge on any atom is 0.0469 e. The van der Waals surface area contributed by atoms with Gasteiger partial charge in [-0.15, -0.1) is 11.3 Å². The van der Waals surface area contributed by atoms with Crippen LogP contribution in [0.1, 0.15) is 30.7 Å². The Morgan fingerprint density at radius 2 is 2.22 bits per heavy atom. The van der Waals surface area contributed by atoms with Crippen LogP contribution < -0.4 is 5.73 Å². The van der Waals surface area contributed by atoms with E-state index in [4.69, 9.17) is 10.5 Å². The van der Waals surface area contributed by atoms with Crippen LogP contribution in [0.15, 0.2) is 17.5 Å². The molecule has 0 aromatic carbocycles. The fourth-order valence-electron chi connectivity index (χ4n) is 2.81. The molecule has 2 heterocycles. The lowest BCUT2D eigenvalue weighted by Gasteiger charge is -2.38. The highest BCUT2D eigenvalue weighted by molar-refractivity contribution is 7.10. The average Bonchev–Trinajstić information content (AvgIpc) is 2.94. The highest BCUT2D eigenvalue weighted by Gasteiger charge is 2.29. The second kappa shape index (κ2) is 6.66. The van der Waals surface area contributed by atoms with Gasteiger partial charge in [0.15, 0.2) is 0 Å². The lowest BCUT2D eigenvalue weighted by Crippen LogP contribution is -2.46. The molecule has 1 aromatic rings. The lowest BCUT2D eigenvalue weighted by molar-refractivity contribution is 0.0255. The Morgan fingerprint density at radius 1 is 1.50 bits per heavy atom. The van der Waals surface area contributed by atoms with E-state index in [1.165, 1.54) is 4.88 Å². The minimum Gasteiger partial charge on any atom is -0.381 e. The molecule has 2 unspecified atom stereocenters. The van der Waals surface area contributed by atoms with Gasteiger partial charge in [0.05, 0.1) is 0 Å². The number of rotatable bonds is 5. The topological polar surface area (TPSA) is 38.5 Å². The Balaban J connectivity index is 2.02. The molecular formula is C14H24N2OS. The molecule has 0 aliphatic carbocycles. The van der Waals surface area contributed by atoms with Crippen LogP contribution in [0.4, 0.5) is 0 Å². The van der Waals surface area contributed by atoms with Crippen molar-refractivity contribution in [1.29, 1.82) is 0 Å². The number of ether oxygens (including phenoxy) is 1. The molecule has 2 rings (SSSR count). The SMILES string of the molecule is CC(c1cccs1)N(C)C(CN)C1CCOCC1. The summed E-state index contributed by atoms with van der Waals surface area (Å²) in [5.74, 6) is 0.677. The van der Waals surface area contributed by atoms with Crippen LogP contribution >= 0.6 is 11.3 Å². The van der Waals surface area contributed by atoms with Gasteiger partial charge in [-0.25, -0.2) is 0 Å². The second-order valence-corrected chi connectivity index (χ2v) is 6.09. The molecule has 2 atom stereocenters. The molecule has 0 spiro atoms. The molecule has 2 N–H and O–H groups in total. The van der Waals surface area contributed by atoms with Crippen molar-refractivity contribution >= 4 is 11.3 Å². The zero-order valence-corrected chi connectivity index (χ0v) is 12.2. The predicted octanol–water partition coefficient (Wildman–Crippen LogP) is 2.49. The van der Waals surface area contributed by atoms with E-state index >= 15 is 0 Å². The molecule has 1 saturated heterocycles. The first-order valence-corrected chi connectivity index (χ1v) is 7.65. The lowest BCUT2D eigenvalue weighted by atomic mass is 9.90. The summed E-state index contributed by atoms with van der Waals surface area (Å²) in [7, 11) is 2.21. The first-order chi connectivity index (χ1) is 8.74. The average molecular weight is 268 g/mol. The molecular weight excluding hydrogens is 244 g/mol. The number of hydrogen-bond acceptors (Lipinski definition) is 4. The molecule has 1 aliphatic heterocycles. The molecule has 4 heteroatoms. The molecule has 102 valence electrons. The van der Waals surface area contributed by atoms with Gasteiger partial charge < -0.3 is 10.5 Å².